The third-order valence-electron chi connectivity index (χ3n) is 2.97. The van der Waals surface area contributed by atoms with Crippen LogP contribution in [0.1, 0.15) is 22.0 Å². The Kier molecular flexibility index (Phi) is 4.05. The maximum atomic E-state index is 11.4. The van der Waals surface area contributed by atoms with Gasteiger partial charge in [0.05, 0.1) is 10.9 Å². The van der Waals surface area contributed by atoms with Gasteiger partial charge in [0.1, 0.15) is 0 Å². The Labute approximate surface area is 117 Å². The Hall–Kier alpha value is -1.21. The first kappa shape index (κ1) is 14.2. The maximum absolute atomic E-state index is 11.4. The van der Waals surface area contributed by atoms with Gasteiger partial charge in [-0.15, -0.1) is 11.3 Å². The van der Waals surface area contributed by atoms with E-state index in [1.807, 2.05) is 18.4 Å². The number of aryl methyl sites for hydroxylation is 1. The Bertz CT molecular complexity index is 660. The summed E-state index contributed by atoms with van der Waals surface area (Å²) in [6.45, 7) is 2.03. The lowest BCUT2D eigenvalue weighted by molar-refractivity contribution is 0.601. The van der Waals surface area contributed by atoms with Gasteiger partial charge in [-0.05, 0) is 41.6 Å². The summed E-state index contributed by atoms with van der Waals surface area (Å²) in [5.74, 6) is 5.63. The highest BCUT2D eigenvalue weighted by atomic mass is 32.2. The molecule has 1 aromatic heterocycles. The van der Waals surface area contributed by atoms with E-state index < -0.39 is 9.84 Å². The predicted octanol–water partition coefficient (Wildman–Crippen LogP) is 2.01. The second-order valence-corrected chi connectivity index (χ2v) is 7.37. The van der Waals surface area contributed by atoms with E-state index in [0.717, 1.165) is 10.4 Å². The van der Waals surface area contributed by atoms with Gasteiger partial charge in [-0.3, -0.25) is 5.84 Å². The molecular weight excluding hydrogens is 280 g/mol. The quantitative estimate of drug-likeness (QED) is 0.669. The zero-order chi connectivity index (χ0) is 14.0. The minimum absolute atomic E-state index is 0.117. The Balaban J connectivity index is 2.38. The van der Waals surface area contributed by atoms with Gasteiger partial charge in [0.15, 0.2) is 9.84 Å². The summed E-state index contributed by atoms with van der Waals surface area (Å²) in [4.78, 5) is 1.45. The fourth-order valence-corrected chi connectivity index (χ4v) is 3.55. The normalized spacial score (nSPS) is 13.4. The second-order valence-electron chi connectivity index (χ2n) is 4.41. The molecule has 102 valence electrons. The van der Waals surface area contributed by atoms with Gasteiger partial charge in [-0.25, -0.2) is 13.8 Å². The number of hydrogen-bond acceptors (Lipinski definition) is 5. The largest absolute Gasteiger partial charge is 0.271 e. The highest BCUT2D eigenvalue weighted by molar-refractivity contribution is 7.90. The van der Waals surface area contributed by atoms with Crippen LogP contribution in [0.5, 0.6) is 0 Å². The molecule has 1 atom stereocenters. The molecule has 4 nitrogen and oxygen atoms in total. The highest BCUT2D eigenvalue weighted by Crippen LogP contribution is 2.29. The molecule has 1 heterocycles. The summed E-state index contributed by atoms with van der Waals surface area (Å²) in [5, 5.41) is 2.01. The van der Waals surface area contributed by atoms with Crippen LogP contribution in [0.3, 0.4) is 0 Å². The number of nitrogens with one attached hydrogen (secondary N) is 1. The molecule has 0 aliphatic heterocycles. The topological polar surface area (TPSA) is 72.2 Å². The highest BCUT2D eigenvalue weighted by Gasteiger charge is 2.16. The molecule has 0 bridgehead atoms. The summed E-state index contributed by atoms with van der Waals surface area (Å²) in [7, 11) is -3.16. The van der Waals surface area contributed by atoms with E-state index in [9.17, 15) is 8.42 Å². The van der Waals surface area contributed by atoms with Crippen molar-refractivity contribution < 1.29 is 8.42 Å². The van der Waals surface area contributed by atoms with Crippen LogP contribution in [0.4, 0.5) is 0 Å². The molecule has 0 fully saturated rings. The van der Waals surface area contributed by atoms with Crippen molar-refractivity contribution in [3.8, 4) is 0 Å². The fourth-order valence-electron chi connectivity index (χ4n) is 1.91. The van der Waals surface area contributed by atoms with Crippen LogP contribution >= 0.6 is 11.3 Å². The smallest absolute Gasteiger partial charge is 0.175 e. The van der Waals surface area contributed by atoms with Gasteiger partial charge in [0, 0.05) is 11.1 Å². The monoisotopic (exact) mass is 296 g/mol. The van der Waals surface area contributed by atoms with Crippen LogP contribution < -0.4 is 11.3 Å². The number of rotatable bonds is 4. The van der Waals surface area contributed by atoms with Crippen molar-refractivity contribution in [2.24, 2.45) is 5.84 Å². The van der Waals surface area contributed by atoms with E-state index in [4.69, 9.17) is 5.84 Å². The van der Waals surface area contributed by atoms with Crippen molar-refractivity contribution >= 4 is 21.2 Å². The van der Waals surface area contributed by atoms with Crippen LogP contribution in [0.25, 0.3) is 0 Å². The van der Waals surface area contributed by atoms with Crippen LogP contribution in [-0.4, -0.2) is 14.7 Å². The lowest BCUT2D eigenvalue weighted by Gasteiger charge is -2.16. The molecule has 2 rings (SSSR count). The van der Waals surface area contributed by atoms with Gasteiger partial charge in [-0.2, -0.15) is 0 Å². The van der Waals surface area contributed by atoms with E-state index in [1.54, 1.807) is 35.6 Å². The van der Waals surface area contributed by atoms with Gasteiger partial charge >= 0.3 is 0 Å². The fraction of sp³-hybridized carbons (Fsp3) is 0.231. The van der Waals surface area contributed by atoms with Crippen LogP contribution in [0.15, 0.2) is 40.6 Å². The molecule has 0 aliphatic rings. The van der Waals surface area contributed by atoms with Crippen molar-refractivity contribution in [2.75, 3.05) is 6.26 Å². The van der Waals surface area contributed by atoms with Gasteiger partial charge in [0.25, 0.3) is 0 Å². The summed E-state index contributed by atoms with van der Waals surface area (Å²) in [5.41, 5.74) is 4.89. The lowest BCUT2D eigenvalue weighted by Crippen LogP contribution is -2.28. The average Bonchev–Trinajstić information content (AvgIpc) is 2.76. The molecule has 0 saturated heterocycles. The van der Waals surface area contributed by atoms with Crippen LogP contribution in [0.2, 0.25) is 0 Å². The summed E-state index contributed by atoms with van der Waals surface area (Å²) in [6.07, 6.45) is 1.20. The number of nitrogens with two attached hydrogens (primary N) is 1. The van der Waals surface area contributed by atoms with Gasteiger partial charge in [-0.1, -0.05) is 12.1 Å². The van der Waals surface area contributed by atoms with E-state index in [-0.39, 0.29) is 6.04 Å². The standard InChI is InChI=1S/C13H16N2O2S2/c1-9-7-8-18-13(9)12(15-14)10-3-5-11(6-4-10)19(2,16)17/h3-8,12,15H,14H2,1-2H3. The average molecular weight is 296 g/mol. The van der Waals surface area contributed by atoms with Crippen molar-refractivity contribution in [1.82, 2.24) is 5.43 Å². The Morgan fingerprint density at radius 2 is 1.84 bits per heavy atom. The minimum atomic E-state index is -3.16. The molecule has 19 heavy (non-hydrogen) atoms. The number of hydrogen-bond donors (Lipinski definition) is 2. The van der Waals surface area contributed by atoms with Gasteiger partial charge in [0.2, 0.25) is 0 Å². The Morgan fingerprint density at radius 1 is 1.21 bits per heavy atom. The third-order valence-corrected chi connectivity index (χ3v) is 5.18. The van der Waals surface area contributed by atoms with Crippen molar-refractivity contribution in [1.29, 1.82) is 0 Å². The molecule has 0 aliphatic carbocycles. The first-order valence-electron chi connectivity index (χ1n) is 5.73. The zero-order valence-corrected chi connectivity index (χ0v) is 12.4. The first-order valence-corrected chi connectivity index (χ1v) is 8.50. The molecule has 0 radical (unpaired) electrons. The number of sulfone groups is 1. The maximum Gasteiger partial charge on any atom is 0.175 e. The minimum Gasteiger partial charge on any atom is -0.271 e. The van der Waals surface area contributed by atoms with E-state index >= 15 is 0 Å². The summed E-state index contributed by atoms with van der Waals surface area (Å²) < 4.78 is 22.9. The molecule has 0 spiro atoms. The number of hydrazine groups is 1. The molecule has 3 N–H and O–H groups in total. The molecular formula is C13H16N2O2S2. The Morgan fingerprint density at radius 3 is 2.26 bits per heavy atom. The summed E-state index contributed by atoms with van der Waals surface area (Å²) >= 11 is 1.63. The molecule has 1 unspecified atom stereocenters. The molecule has 6 heteroatoms. The summed E-state index contributed by atoms with van der Waals surface area (Å²) in [6, 6.07) is 8.72. The van der Waals surface area contributed by atoms with Gasteiger partial charge < -0.3 is 0 Å². The molecule has 2 aromatic rings. The van der Waals surface area contributed by atoms with Crippen LogP contribution in [0, 0.1) is 6.92 Å². The van der Waals surface area contributed by atoms with E-state index in [0.29, 0.717) is 4.90 Å². The number of benzene rings is 1. The number of thiophene rings is 1. The molecule has 0 amide bonds. The second kappa shape index (κ2) is 5.42. The predicted molar refractivity (Wildman–Crippen MR) is 77.8 cm³/mol. The molecule has 1 aromatic carbocycles. The SMILES string of the molecule is Cc1ccsc1C(NN)c1ccc(S(C)(=O)=O)cc1. The van der Waals surface area contributed by atoms with Crippen LogP contribution in [-0.2, 0) is 9.84 Å². The van der Waals surface area contributed by atoms with E-state index in [1.165, 1.54) is 11.8 Å². The van der Waals surface area contributed by atoms with E-state index in [2.05, 4.69) is 5.43 Å². The third kappa shape index (κ3) is 3.03. The van der Waals surface area contributed by atoms with Crippen molar-refractivity contribution in [2.45, 2.75) is 17.9 Å². The molecule has 0 saturated carbocycles. The first-order chi connectivity index (χ1) is 8.93. The zero-order valence-electron chi connectivity index (χ0n) is 10.8. The van der Waals surface area contributed by atoms with Crippen molar-refractivity contribution in [3.05, 3.63) is 51.7 Å². The lowest BCUT2D eigenvalue weighted by atomic mass is 10.0. The van der Waals surface area contributed by atoms with Crippen molar-refractivity contribution in [3.63, 3.8) is 0 Å².